The van der Waals surface area contributed by atoms with E-state index in [1.807, 2.05) is 50.2 Å². The van der Waals surface area contributed by atoms with E-state index in [-0.39, 0.29) is 11.3 Å². The van der Waals surface area contributed by atoms with E-state index >= 15 is 0 Å². The Labute approximate surface area is 192 Å². The van der Waals surface area contributed by atoms with Crippen molar-refractivity contribution in [2.24, 2.45) is 0 Å². The predicted molar refractivity (Wildman–Crippen MR) is 125 cm³/mol. The number of methoxy groups -OCH3 is 1. The Balaban J connectivity index is 1.95. The van der Waals surface area contributed by atoms with Gasteiger partial charge >= 0.3 is 0 Å². The number of Topliss-reactive ketones (excluding diaryl/α,β-unsaturated/α-hetero) is 1. The monoisotopic (exact) mass is 448 g/mol. The molecule has 0 saturated carbocycles. The summed E-state index contributed by atoms with van der Waals surface area (Å²) in [5.41, 5.74) is 3.36. The summed E-state index contributed by atoms with van der Waals surface area (Å²) in [5.74, 6) is -0.966. The first kappa shape index (κ1) is 22.5. The topological polar surface area (TPSA) is 87.4 Å². The van der Waals surface area contributed by atoms with Crippen molar-refractivity contribution in [1.29, 1.82) is 0 Å². The molecule has 1 aliphatic rings. The van der Waals surface area contributed by atoms with Crippen LogP contribution in [0.25, 0.3) is 11.4 Å². The Morgan fingerprint density at radius 2 is 1.94 bits per heavy atom. The average Bonchev–Trinajstić information content (AvgIpc) is 3.26. The van der Waals surface area contributed by atoms with E-state index in [4.69, 9.17) is 4.74 Å². The first-order valence-electron chi connectivity index (χ1n) is 10.8. The summed E-state index contributed by atoms with van der Waals surface area (Å²) in [5, 5.41) is 11.5. The van der Waals surface area contributed by atoms with Crippen molar-refractivity contribution in [3.8, 4) is 5.75 Å². The number of imidazole rings is 1. The highest BCUT2D eigenvalue weighted by Gasteiger charge is 2.46. The van der Waals surface area contributed by atoms with Crippen molar-refractivity contribution in [2.75, 3.05) is 34.3 Å². The van der Waals surface area contributed by atoms with Crippen molar-refractivity contribution in [3.63, 3.8) is 0 Å². The molecule has 1 N–H and O–H groups in total. The summed E-state index contributed by atoms with van der Waals surface area (Å²) in [6.07, 6.45) is 1.79. The largest absolute Gasteiger partial charge is 0.505 e. The van der Waals surface area contributed by atoms with E-state index < -0.39 is 17.7 Å². The lowest BCUT2D eigenvalue weighted by Gasteiger charge is -2.26. The molecule has 3 aromatic rings. The fraction of sp³-hybridized carbons (Fsp3) is 0.320. The van der Waals surface area contributed by atoms with E-state index in [1.54, 1.807) is 36.8 Å². The number of rotatable bonds is 6. The number of hydrogen-bond acceptors (Lipinski definition) is 6. The van der Waals surface area contributed by atoms with Crippen LogP contribution in [0, 0.1) is 13.8 Å². The van der Waals surface area contributed by atoms with Gasteiger partial charge in [0.25, 0.3) is 11.7 Å². The van der Waals surface area contributed by atoms with Crippen molar-refractivity contribution in [3.05, 3.63) is 70.7 Å². The highest BCUT2D eigenvalue weighted by atomic mass is 16.5. The van der Waals surface area contributed by atoms with Crippen LogP contribution in [0.1, 0.15) is 28.6 Å². The predicted octanol–water partition coefficient (Wildman–Crippen LogP) is 2.94. The van der Waals surface area contributed by atoms with Crippen LogP contribution in [0.5, 0.6) is 5.75 Å². The van der Waals surface area contributed by atoms with Crippen LogP contribution in [0.15, 0.2) is 48.2 Å². The van der Waals surface area contributed by atoms with Crippen molar-refractivity contribution in [2.45, 2.75) is 19.9 Å². The van der Waals surface area contributed by atoms with Crippen LogP contribution in [0.4, 0.5) is 0 Å². The number of aryl methyl sites for hydroxylation is 2. The fourth-order valence-electron chi connectivity index (χ4n) is 4.31. The molecule has 1 amide bonds. The second-order valence-corrected chi connectivity index (χ2v) is 8.50. The summed E-state index contributed by atoms with van der Waals surface area (Å²) >= 11 is 0. The van der Waals surface area contributed by atoms with Gasteiger partial charge in [-0.05, 0) is 57.3 Å². The van der Waals surface area contributed by atoms with Crippen molar-refractivity contribution in [1.82, 2.24) is 19.2 Å². The number of likely N-dealkylation sites (N-methyl/N-ethyl adjacent to an activating group) is 1. The number of ether oxygens (including phenoxy) is 1. The number of ketones is 1. The maximum absolute atomic E-state index is 13.3. The van der Waals surface area contributed by atoms with Crippen LogP contribution >= 0.6 is 0 Å². The quantitative estimate of drug-likeness (QED) is 0.354. The van der Waals surface area contributed by atoms with Crippen LogP contribution < -0.4 is 4.74 Å². The number of fused-ring (bicyclic) bond motifs is 1. The van der Waals surface area contributed by atoms with Gasteiger partial charge in [0, 0.05) is 19.3 Å². The maximum Gasteiger partial charge on any atom is 0.295 e. The van der Waals surface area contributed by atoms with Gasteiger partial charge in [-0.25, -0.2) is 4.98 Å². The van der Waals surface area contributed by atoms with Gasteiger partial charge in [-0.15, -0.1) is 0 Å². The first-order valence-corrected chi connectivity index (χ1v) is 10.8. The number of amides is 1. The number of benzene rings is 1. The van der Waals surface area contributed by atoms with Gasteiger partial charge in [0.1, 0.15) is 17.1 Å². The molecule has 0 radical (unpaired) electrons. The Bertz CT molecular complexity index is 1270. The summed E-state index contributed by atoms with van der Waals surface area (Å²) in [6, 6.07) is 10.3. The van der Waals surface area contributed by atoms with Crippen LogP contribution in [0.2, 0.25) is 0 Å². The number of pyridine rings is 1. The summed E-state index contributed by atoms with van der Waals surface area (Å²) in [4.78, 5) is 34.4. The smallest absolute Gasteiger partial charge is 0.295 e. The number of hydrogen-bond donors (Lipinski definition) is 1. The summed E-state index contributed by atoms with van der Waals surface area (Å²) in [6.45, 7) is 4.62. The SMILES string of the molecule is COc1cccc([C@H]2/C(=C(\O)c3c(C)nc4c(C)cccn34)C(=O)C(=O)N2CCN(C)C)c1. The van der Waals surface area contributed by atoms with Gasteiger partial charge in [-0.2, -0.15) is 0 Å². The molecule has 0 spiro atoms. The Kier molecular flexibility index (Phi) is 5.95. The van der Waals surface area contributed by atoms with Gasteiger partial charge in [-0.1, -0.05) is 18.2 Å². The van der Waals surface area contributed by atoms with Crippen LogP contribution in [-0.2, 0) is 9.59 Å². The summed E-state index contributed by atoms with van der Waals surface area (Å²) in [7, 11) is 5.37. The van der Waals surface area contributed by atoms with E-state index in [9.17, 15) is 14.7 Å². The number of likely N-dealkylation sites (tertiary alicyclic amines) is 1. The molecule has 8 nitrogen and oxygen atoms in total. The molecule has 33 heavy (non-hydrogen) atoms. The number of aliphatic hydroxyl groups excluding tert-OH is 1. The molecule has 0 unspecified atom stereocenters. The molecule has 1 atom stereocenters. The van der Waals surface area contributed by atoms with Crippen molar-refractivity contribution < 1.29 is 19.4 Å². The van der Waals surface area contributed by atoms with Gasteiger partial charge in [0.15, 0.2) is 5.76 Å². The average molecular weight is 449 g/mol. The third kappa shape index (κ3) is 3.87. The Hall–Kier alpha value is -3.65. The number of carbonyl (C=O) groups is 2. The first-order chi connectivity index (χ1) is 15.7. The third-order valence-corrected chi connectivity index (χ3v) is 5.98. The lowest BCUT2D eigenvalue weighted by Crippen LogP contribution is -2.35. The minimum atomic E-state index is -0.741. The molecule has 172 valence electrons. The maximum atomic E-state index is 13.3. The number of nitrogens with zero attached hydrogens (tertiary/aromatic N) is 4. The molecule has 4 rings (SSSR count). The molecule has 2 aromatic heterocycles. The van der Waals surface area contributed by atoms with Gasteiger partial charge in [0.2, 0.25) is 0 Å². The van der Waals surface area contributed by atoms with E-state index in [2.05, 4.69) is 4.98 Å². The van der Waals surface area contributed by atoms with Gasteiger partial charge in [-0.3, -0.25) is 14.0 Å². The van der Waals surface area contributed by atoms with Crippen molar-refractivity contribution >= 4 is 23.1 Å². The van der Waals surface area contributed by atoms with E-state index in [0.717, 1.165) is 5.56 Å². The molecule has 3 heterocycles. The fourth-order valence-corrected chi connectivity index (χ4v) is 4.31. The van der Waals surface area contributed by atoms with E-state index in [0.29, 0.717) is 41.4 Å². The Morgan fingerprint density at radius 3 is 2.64 bits per heavy atom. The molecule has 0 bridgehead atoms. The number of carbonyl (C=O) groups excluding carboxylic acids is 2. The zero-order valence-corrected chi connectivity index (χ0v) is 19.5. The Morgan fingerprint density at radius 1 is 1.18 bits per heavy atom. The second kappa shape index (κ2) is 8.71. The molecule has 1 aliphatic heterocycles. The zero-order valence-electron chi connectivity index (χ0n) is 19.5. The molecule has 0 aliphatic carbocycles. The van der Waals surface area contributed by atoms with Crippen LogP contribution in [0.3, 0.4) is 0 Å². The van der Waals surface area contributed by atoms with Gasteiger partial charge < -0.3 is 19.6 Å². The number of aromatic nitrogens is 2. The lowest BCUT2D eigenvalue weighted by atomic mass is 9.96. The normalized spacial score (nSPS) is 18.0. The third-order valence-electron chi connectivity index (χ3n) is 5.98. The highest BCUT2D eigenvalue weighted by molar-refractivity contribution is 6.46. The van der Waals surface area contributed by atoms with Gasteiger partial charge in [0.05, 0.1) is 24.4 Å². The second-order valence-electron chi connectivity index (χ2n) is 8.50. The molecular weight excluding hydrogens is 420 g/mol. The molecular formula is C25H28N4O4. The molecule has 1 aromatic carbocycles. The zero-order chi connectivity index (χ0) is 23.9. The minimum absolute atomic E-state index is 0.0541. The number of aliphatic hydroxyl groups is 1. The van der Waals surface area contributed by atoms with Crippen LogP contribution in [-0.4, -0.2) is 70.3 Å². The lowest BCUT2D eigenvalue weighted by molar-refractivity contribution is -0.140. The highest BCUT2D eigenvalue weighted by Crippen LogP contribution is 2.40. The van der Waals surface area contributed by atoms with E-state index in [1.165, 1.54) is 4.90 Å². The molecule has 8 heteroatoms. The minimum Gasteiger partial charge on any atom is -0.505 e. The summed E-state index contributed by atoms with van der Waals surface area (Å²) < 4.78 is 7.13. The molecule has 1 fully saturated rings. The standard InChI is InChI=1S/C25H28N4O4/c1-15-8-7-11-28-20(16(2)26-24(15)28)22(30)19-21(17-9-6-10-18(14-17)33-5)29(13-12-27(3)4)25(32)23(19)31/h6-11,14,21,30H,12-13H2,1-5H3/b22-19+/t21-/m0/s1. The molecule has 1 saturated heterocycles.